The number of thiazole rings is 1. The number of benzene rings is 3. The number of hydrogen-bond acceptors (Lipinski definition) is 8. The van der Waals surface area contributed by atoms with Crippen molar-refractivity contribution in [2.45, 2.75) is 26.5 Å². The van der Waals surface area contributed by atoms with E-state index >= 15 is 0 Å². The Hall–Kier alpha value is -4.21. The minimum absolute atomic E-state index is 0.204. The topological polar surface area (TPSA) is 103 Å². The van der Waals surface area contributed by atoms with Gasteiger partial charge in [-0.15, -0.1) is 0 Å². The van der Waals surface area contributed by atoms with Crippen LogP contribution >= 0.6 is 33.9 Å². The van der Waals surface area contributed by atoms with E-state index in [1.165, 1.54) is 11.3 Å². The van der Waals surface area contributed by atoms with Crippen molar-refractivity contribution in [1.29, 1.82) is 5.26 Å². The van der Waals surface area contributed by atoms with Crippen molar-refractivity contribution < 1.29 is 19.0 Å². The van der Waals surface area contributed by atoms with E-state index in [1.807, 2.05) is 54.6 Å². The molecule has 10 heteroatoms. The molecule has 212 valence electrons. The zero-order chi connectivity index (χ0) is 29.8. The van der Waals surface area contributed by atoms with Crippen LogP contribution in [0, 0.1) is 14.9 Å². The SMILES string of the molecule is CCOC(=O)C1=C(C)N=c2s/c(=C/c3cc(I)c(OCc4ccccc4C#N)c(OC)c3)c(=O)n2[C@@H]1c1ccccc1. The fourth-order valence-electron chi connectivity index (χ4n) is 4.76. The average molecular weight is 692 g/mol. The number of methoxy groups -OCH3 is 1. The van der Waals surface area contributed by atoms with Gasteiger partial charge >= 0.3 is 5.97 Å². The lowest BCUT2D eigenvalue weighted by molar-refractivity contribution is -0.139. The third-order valence-electron chi connectivity index (χ3n) is 6.69. The Bertz CT molecular complexity index is 1920. The number of hydrogen-bond donors (Lipinski definition) is 0. The van der Waals surface area contributed by atoms with E-state index in [0.29, 0.717) is 37.7 Å². The number of carbonyl (C=O) groups is 1. The smallest absolute Gasteiger partial charge is 0.338 e. The Balaban J connectivity index is 1.56. The van der Waals surface area contributed by atoms with E-state index in [9.17, 15) is 14.9 Å². The molecule has 4 aromatic rings. The number of ether oxygens (including phenoxy) is 3. The summed E-state index contributed by atoms with van der Waals surface area (Å²) in [6, 6.07) is 21.9. The van der Waals surface area contributed by atoms with Crippen molar-refractivity contribution in [3.63, 3.8) is 0 Å². The van der Waals surface area contributed by atoms with E-state index in [4.69, 9.17) is 14.2 Å². The molecule has 8 nitrogen and oxygen atoms in total. The van der Waals surface area contributed by atoms with Crippen LogP contribution in [0.2, 0.25) is 0 Å². The summed E-state index contributed by atoms with van der Waals surface area (Å²) in [6.45, 7) is 3.93. The molecule has 0 bridgehead atoms. The van der Waals surface area contributed by atoms with Gasteiger partial charge in [-0.05, 0) is 71.8 Å². The van der Waals surface area contributed by atoms with Crippen molar-refractivity contribution in [3.05, 3.63) is 124 Å². The summed E-state index contributed by atoms with van der Waals surface area (Å²) in [5, 5.41) is 9.40. The monoisotopic (exact) mass is 691 g/mol. The van der Waals surface area contributed by atoms with E-state index < -0.39 is 12.0 Å². The molecule has 1 atom stereocenters. The lowest BCUT2D eigenvalue weighted by Gasteiger charge is -2.24. The van der Waals surface area contributed by atoms with Crippen LogP contribution in [0.5, 0.6) is 11.5 Å². The van der Waals surface area contributed by atoms with Gasteiger partial charge in [0.2, 0.25) is 0 Å². The average Bonchev–Trinajstić information content (AvgIpc) is 3.29. The molecule has 0 spiro atoms. The standard InChI is InChI=1S/C32H26IN3O5S/c1-4-40-31(38)27-19(2)35-32-36(28(27)21-10-6-5-7-11-21)30(37)26(42-32)16-20-14-24(33)29(25(15-20)39-3)41-18-23-13-9-8-12-22(23)17-34/h5-16,28H,4,18H2,1-3H3/b26-16+/t28-/m1/s1. The van der Waals surface area contributed by atoms with Crippen LogP contribution in [0.4, 0.5) is 0 Å². The van der Waals surface area contributed by atoms with Crippen LogP contribution in [0.15, 0.2) is 87.8 Å². The number of nitriles is 1. The van der Waals surface area contributed by atoms with Crippen molar-refractivity contribution in [2.75, 3.05) is 13.7 Å². The van der Waals surface area contributed by atoms with Crippen molar-refractivity contribution in [1.82, 2.24) is 4.57 Å². The molecule has 1 aliphatic heterocycles. The van der Waals surface area contributed by atoms with Crippen LogP contribution in [0.1, 0.15) is 42.1 Å². The van der Waals surface area contributed by atoms with Gasteiger partial charge < -0.3 is 14.2 Å². The van der Waals surface area contributed by atoms with E-state index in [0.717, 1.165) is 20.3 Å². The second-order valence-electron chi connectivity index (χ2n) is 9.30. The van der Waals surface area contributed by atoms with Gasteiger partial charge in [-0.25, -0.2) is 9.79 Å². The Morgan fingerprint density at radius 3 is 2.62 bits per heavy atom. The number of nitrogens with zero attached hydrogens (tertiary/aromatic N) is 3. The molecule has 0 saturated heterocycles. The zero-order valence-electron chi connectivity index (χ0n) is 23.1. The second kappa shape index (κ2) is 12.8. The van der Waals surface area contributed by atoms with E-state index in [2.05, 4.69) is 33.7 Å². The van der Waals surface area contributed by atoms with Crippen LogP contribution in [-0.2, 0) is 16.1 Å². The normalized spacial score (nSPS) is 14.5. The largest absolute Gasteiger partial charge is 0.493 e. The Kier molecular flexibility index (Phi) is 8.89. The summed E-state index contributed by atoms with van der Waals surface area (Å²) in [5.74, 6) is 0.551. The first-order valence-electron chi connectivity index (χ1n) is 13.1. The molecular formula is C32H26IN3O5S. The molecule has 0 fully saturated rings. The van der Waals surface area contributed by atoms with E-state index in [1.54, 1.807) is 43.7 Å². The molecule has 0 saturated carbocycles. The maximum absolute atomic E-state index is 13.9. The highest BCUT2D eigenvalue weighted by molar-refractivity contribution is 14.1. The Morgan fingerprint density at radius 1 is 1.17 bits per heavy atom. The van der Waals surface area contributed by atoms with Crippen molar-refractivity contribution in [3.8, 4) is 17.6 Å². The van der Waals surface area contributed by atoms with Gasteiger partial charge in [0.25, 0.3) is 5.56 Å². The number of allylic oxidation sites excluding steroid dienone is 1. The second-order valence-corrected chi connectivity index (χ2v) is 11.5. The number of rotatable bonds is 8. The summed E-state index contributed by atoms with van der Waals surface area (Å²) in [4.78, 5) is 32.0. The van der Waals surface area contributed by atoms with Gasteiger partial charge in [-0.1, -0.05) is 59.9 Å². The molecule has 0 aliphatic carbocycles. The summed E-state index contributed by atoms with van der Waals surface area (Å²) in [7, 11) is 1.55. The predicted octanol–water partition coefficient (Wildman–Crippen LogP) is 4.86. The van der Waals surface area contributed by atoms with Crippen molar-refractivity contribution >= 4 is 46.0 Å². The summed E-state index contributed by atoms with van der Waals surface area (Å²) >= 11 is 3.43. The van der Waals surface area contributed by atoms with Gasteiger partial charge in [0, 0.05) is 5.56 Å². The minimum Gasteiger partial charge on any atom is -0.493 e. The first kappa shape index (κ1) is 29.3. The molecule has 0 amide bonds. The van der Waals surface area contributed by atoms with E-state index in [-0.39, 0.29) is 18.8 Å². The first-order chi connectivity index (χ1) is 20.4. The molecule has 0 radical (unpaired) electrons. The number of halogens is 1. The van der Waals surface area contributed by atoms with Gasteiger partial charge in [0.05, 0.1) is 50.8 Å². The number of aromatic nitrogens is 1. The minimum atomic E-state index is -0.662. The van der Waals surface area contributed by atoms with Crippen LogP contribution < -0.4 is 24.4 Å². The molecule has 5 rings (SSSR count). The number of fused-ring (bicyclic) bond motifs is 1. The fourth-order valence-corrected chi connectivity index (χ4v) is 6.59. The molecular weight excluding hydrogens is 665 g/mol. The number of carbonyl (C=O) groups excluding carboxylic acids is 1. The van der Waals surface area contributed by atoms with Crippen LogP contribution in [0.25, 0.3) is 6.08 Å². The molecule has 1 aromatic heterocycles. The molecule has 2 heterocycles. The molecule has 0 N–H and O–H groups in total. The molecule has 1 aliphatic rings. The highest BCUT2D eigenvalue weighted by Crippen LogP contribution is 2.35. The molecule has 0 unspecified atom stereocenters. The first-order valence-corrected chi connectivity index (χ1v) is 15.0. The van der Waals surface area contributed by atoms with Gasteiger partial charge in [-0.3, -0.25) is 9.36 Å². The lowest BCUT2D eigenvalue weighted by atomic mass is 9.96. The maximum Gasteiger partial charge on any atom is 0.338 e. The van der Waals surface area contributed by atoms with Crippen LogP contribution in [-0.4, -0.2) is 24.3 Å². The van der Waals surface area contributed by atoms with Crippen LogP contribution in [0.3, 0.4) is 0 Å². The highest BCUT2D eigenvalue weighted by atomic mass is 127. The summed E-state index contributed by atoms with van der Waals surface area (Å²) < 4.78 is 19.9. The summed E-state index contributed by atoms with van der Waals surface area (Å²) in [6.07, 6.45) is 1.79. The van der Waals surface area contributed by atoms with Crippen molar-refractivity contribution in [2.24, 2.45) is 4.99 Å². The number of esters is 1. The molecule has 3 aromatic carbocycles. The third kappa shape index (κ3) is 5.75. The predicted molar refractivity (Wildman–Crippen MR) is 168 cm³/mol. The Labute approximate surface area is 260 Å². The summed E-state index contributed by atoms with van der Waals surface area (Å²) in [5.41, 5.74) is 3.46. The lowest BCUT2D eigenvalue weighted by Crippen LogP contribution is -2.39. The van der Waals surface area contributed by atoms with Gasteiger partial charge in [0.1, 0.15) is 6.61 Å². The van der Waals surface area contributed by atoms with Gasteiger partial charge in [-0.2, -0.15) is 5.26 Å². The zero-order valence-corrected chi connectivity index (χ0v) is 26.1. The molecule has 42 heavy (non-hydrogen) atoms. The Morgan fingerprint density at radius 2 is 1.90 bits per heavy atom. The quantitative estimate of drug-likeness (QED) is 0.193. The fraction of sp³-hybridized carbons (Fsp3) is 0.188. The maximum atomic E-state index is 13.9. The third-order valence-corrected chi connectivity index (χ3v) is 8.48. The van der Waals surface area contributed by atoms with Gasteiger partial charge in [0.15, 0.2) is 16.3 Å². The highest BCUT2D eigenvalue weighted by Gasteiger charge is 2.33.